The number of aliphatic hydroxyl groups excluding tert-OH is 1. The first-order valence-electron chi connectivity index (χ1n) is 6.69. The molecule has 0 radical (unpaired) electrons. The summed E-state index contributed by atoms with van der Waals surface area (Å²) in [6, 6.07) is 5.34. The van der Waals surface area contributed by atoms with Gasteiger partial charge in [-0.15, -0.1) is 0 Å². The molecule has 2 aromatic rings. The normalized spacial score (nSPS) is 12.1. The third-order valence-electron chi connectivity index (χ3n) is 2.91. The van der Waals surface area contributed by atoms with Gasteiger partial charge in [0, 0.05) is 12.6 Å². The summed E-state index contributed by atoms with van der Waals surface area (Å²) in [4.78, 5) is 23.7. The van der Waals surface area contributed by atoms with Crippen LogP contribution in [0.15, 0.2) is 39.7 Å². The minimum absolute atomic E-state index is 0.119. The molecule has 0 saturated carbocycles. The highest BCUT2D eigenvalue weighted by Gasteiger charge is 2.18. The van der Waals surface area contributed by atoms with Crippen LogP contribution in [0.3, 0.4) is 0 Å². The average molecular weight is 291 g/mol. The van der Waals surface area contributed by atoms with E-state index in [1.807, 2.05) is 6.92 Å². The number of carbonyl (C=O) groups is 1. The zero-order valence-electron chi connectivity index (χ0n) is 11.7. The fraction of sp³-hybridized carbons (Fsp3) is 0.357. The number of aryl methyl sites for hydroxylation is 1. The van der Waals surface area contributed by atoms with Gasteiger partial charge in [-0.2, -0.15) is 5.10 Å². The SMILES string of the molecule is CCCn1nc(C(=O)NC(CO)c2ccco2)ccc1=O. The second kappa shape index (κ2) is 6.85. The van der Waals surface area contributed by atoms with Gasteiger partial charge in [-0.3, -0.25) is 9.59 Å². The van der Waals surface area contributed by atoms with Gasteiger partial charge in [-0.25, -0.2) is 4.68 Å². The fourth-order valence-electron chi connectivity index (χ4n) is 1.87. The van der Waals surface area contributed by atoms with Crippen molar-refractivity contribution in [2.24, 2.45) is 0 Å². The Hall–Kier alpha value is -2.41. The van der Waals surface area contributed by atoms with Crippen molar-refractivity contribution in [3.63, 3.8) is 0 Å². The van der Waals surface area contributed by atoms with E-state index in [0.29, 0.717) is 12.3 Å². The van der Waals surface area contributed by atoms with Gasteiger partial charge < -0.3 is 14.8 Å². The van der Waals surface area contributed by atoms with Crippen molar-refractivity contribution in [2.75, 3.05) is 6.61 Å². The van der Waals surface area contributed by atoms with Gasteiger partial charge in [0.1, 0.15) is 17.5 Å². The molecule has 0 aliphatic heterocycles. The summed E-state index contributed by atoms with van der Waals surface area (Å²) in [6.07, 6.45) is 2.20. The Balaban J connectivity index is 2.16. The van der Waals surface area contributed by atoms with Crippen LogP contribution in [0.5, 0.6) is 0 Å². The predicted octanol–water partition coefficient (Wildman–Crippen LogP) is 0.710. The van der Waals surface area contributed by atoms with Gasteiger partial charge in [0.2, 0.25) is 0 Å². The molecular weight excluding hydrogens is 274 g/mol. The Bertz CT molecular complexity index is 648. The fourth-order valence-corrected chi connectivity index (χ4v) is 1.87. The summed E-state index contributed by atoms with van der Waals surface area (Å²) in [7, 11) is 0. The summed E-state index contributed by atoms with van der Waals surface area (Å²) in [5, 5.41) is 16.0. The standard InChI is InChI=1S/C14H17N3O4/c1-2-7-17-13(19)6-5-10(16-17)14(20)15-11(9-18)12-4-3-8-21-12/h3-6,8,11,18H,2,7,9H2,1H3,(H,15,20). The molecule has 0 spiro atoms. The number of nitrogens with one attached hydrogen (secondary N) is 1. The molecule has 112 valence electrons. The second-order valence-electron chi connectivity index (χ2n) is 4.50. The maximum absolute atomic E-state index is 12.1. The first-order chi connectivity index (χ1) is 10.2. The van der Waals surface area contributed by atoms with E-state index >= 15 is 0 Å². The van der Waals surface area contributed by atoms with Crippen LogP contribution in [0.25, 0.3) is 0 Å². The number of rotatable bonds is 6. The predicted molar refractivity (Wildman–Crippen MR) is 74.8 cm³/mol. The third-order valence-corrected chi connectivity index (χ3v) is 2.91. The van der Waals surface area contributed by atoms with Crippen molar-refractivity contribution in [2.45, 2.75) is 25.9 Å². The van der Waals surface area contributed by atoms with E-state index in [9.17, 15) is 14.7 Å². The van der Waals surface area contributed by atoms with Gasteiger partial charge in [-0.05, 0) is 24.6 Å². The van der Waals surface area contributed by atoms with Crippen LogP contribution < -0.4 is 10.9 Å². The lowest BCUT2D eigenvalue weighted by Crippen LogP contribution is -2.33. The lowest BCUT2D eigenvalue weighted by Gasteiger charge is -2.13. The molecule has 21 heavy (non-hydrogen) atoms. The van der Waals surface area contributed by atoms with E-state index in [-0.39, 0.29) is 17.9 Å². The third kappa shape index (κ3) is 3.57. The Kier molecular flexibility index (Phi) is 4.89. The highest BCUT2D eigenvalue weighted by Crippen LogP contribution is 2.13. The lowest BCUT2D eigenvalue weighted by molar-refractivity contribution is 0.0899. The molecule has 0 saturated heterocycles. The van der Waals surface area contributed by atoms with Crippen molar-refractivity contribution in [3.8, 4) is 0 Å². The highest BCUT2D eigenvalue weighted by atomic mass is 16.3. The molecule has 0 aromatic carbocycles. The highest BCUT2D eigenvalue weighted by molar-refractivity contribution is 5.92. The topological polar surface area (TPSA) is 97.4 Å². The maximum atomic E-state index is 12.1. The second-order valence-corrected chi connectivity index (χ2v) is 4.50. The summed E-state index contributed by atoms with van der Waals surface area (Å²) in [6.45, 7) is 2.06. The van der Waals surface area contributed by atoms with Crippen molar-refractivity contribution < 1.29 is 14.3 Å². The molecule has 2 rings (SSSR count). The van der Waals surface area contributed by atoms with Crippen LogP contribution in [0.4, 0.5) is 0 Å². The van der Waals surface area contributed by atoms with Gasteiger partial charge in [0.15, 0.2) is 0 Å². The number of aromatic nitrogens is 2. The van der Waals surface area contributed by atoms with E-state index in [0.717, 1.165) is 6.42 Å². The molecule has 0 fully saturated rings. The minimum atomic E-state index is -0.652. The van der Waals surface area contributed by atoms with Crippen LogP contribution in [-0.4, -0.2) is 27.4 Å². The number of nitrogens with zero attached hydrogens (tertiary/aromatic N) is 2. The molecule has 1 amide bonds. The Labute approximate surface area is 121 Å². The minimum Gasteiger partial charge on any atom is -0.467 e. The molecule has 0 bridgehead atoms. The Morgan fingerprint density at radius 3 is 2.90 bits per heavy atom. The van der Waals surface area contributed by atoms with E-state index in [1.165, 1.54) is 23.1 Å². The van der Waals surface area contributed by atoms with Crippen LogP contribution in [0.1, 0.15) is 35.6 Å². The summed E-state index contributed by atoms with van der Waals surface area (Å²) < 4.78 is 6.40. The maximum Gasteiger partial charge on any atom is 0.272 e. The van der Waals surface area contributed by atoms with Crippen molar-refractivity contribution in [3.05, 3.63) is 52.3 Å². The average Bonchev–Trinajstić information content (AvgIpc) is 3.01. The Morgan fingerprint density at radius 1 is 1.48 bits per heavy atom. The molecule has 7 nitrogen and oxygen atoms in total. The quantitative estimate of drug-likeness (QED) is 0.817. The molecule has 2 heterocycles. The van der Waals surface area contributed by atoms with E-state index in [4.69, 9.17) is 4.42 Å². The molecular formula is C14H17N3O4. The van der Waals surface area contributed by atoms with E-state index in [2.05, 4.69) is 10.4 Å². The zero-order valence-corrected chi connectivity index (χ0v) is 11.7. The van der Waals surface area contributed by atoms with Gasteiger partial charge in [0.05, 0.1) is 12.9 Å². The number of carbonyl (C=O) groups excluding carboxylic acids is 1. The molecule has 2 N–H and O–H groups in total. The molecule has 1 unspecified atom stereocenters. The lowest BCUT2D eigenvalue weighted by atomic mass is 10.2. The van der Waals surface area contributed by atoms with Crippen molar-refractivity contribution >= 4 is 5.91 Å². The van der Waals surface area contributed by atoms with Gasteiger partial charge in [0.25, 0.3) is 11.5 Å². The van der Waals surface area contributed by atoms with Crippen LogP contribution in [-0.2, 0) is 6.54 Å². The molecule has 1 atom stereocenters. The summed E-state index contributed by atoms with van der Waals surface area (Å²) >= 11 is 0. The molecule has 7 heteroatoms. The number of amides is 1. The summed E-state index contributed by atoms with van der Waals surface area (Å²) in [5.41, 5.74) is -0.133. The van der Waals surface area contributed by atoms with Gasteiger partial charge in [-0.1, -0.05) is 6.92 Å². The summed E-state index contributed by atoms with van der Waals surface area (Å²) in [5.74, 6) is -0.0250. The molecule has 0 aliphatic carbocycles. The first kappa shape index (κ1) is 15.0. The van der Waals surface area contributed by atoms with Crippen LogP contribution >= 0.6 is 0 Å². The first-order valence-corrected chi connectivity index (χ1v) is 6.69. The number of hydrogen-bond donors (Lipinski definition) is 2. The number of aliphatic hydroxyl groups is 1. The molecule has 0 aliphatic rings. The smallest absolute Gasteiger partial charge is 0.272 e. The van der Waals surface area contributed by atoms with E-state index in [1.54, 1.807) is 12.1 Å². The largest absolute Gasteiger partial charge is 0.467 e. The monoisotopic (exact) mass is 291 g/mol. The van der Waals surface area contributed by atoms with Crippen LogP contribution in [0, 0.1) is 0 Å². The van der Waals surface area contributed by atoms with E-state index < -0.39 is 11.9 Å². The van der Waals surface area contributed by atoms with Gasteiger partial charge >= 0.3 is 0 Å². The van der Waals surface area contributed by atoms with Crippen molar-refractivity contribution in [1.29, 1.82) is 0 Å². The number of furan rings is 1. The van der Waals surface area contributed by atoms with Crippen molar-refractivity contribution in [1.82, 2.24) is 15.1 Å². The Morgan fingerprint density at radius 2 is 2.29 bits per heavy atom. The number of hydrogen-bond acceptors (Lipinski definition) is 5. The zero-order chi connectivity index (χ0) is 15.2. The molecule has 2 aromatic heterocycles. The van der Waals surface area contributed by atoms with Crippen LogP contribution in [0.2, 0.25) is 0 Å².